The van der Waals surface area contributed by atoms with Gasteiger partial charge in [-0.3, -0.25) is 9.59 Å². The van der Waals surface area contributed by atoms with E-state index in [0.717, 1.165) is 22.6 Å². The number of rotatable bonds is 7. The van der Waals surface area contributed by atoms with Gasteiger partial charge in [0.25, 0.3) is 5.91 Å². The summed E-state index contributed by atoms with van der Waals surface area (Å²) in [5.41, 5.74) is 0.629. The summed E-state index contributed by atoms with van der Waals surface area (Å²) in [6.45, 7) is 1.99. The summed E-state index contributed by atoms with van der Waals surface area (Å²) in [5.74, 6) is 0.397. The highest BCUT2D eigenvalue weighted by atomic mass is 32.2. The van der Waals surface area contributed by atoms with E-state index in [-0.39, 0.29) is 17.9 Å². The second kappa shape index (κ2) is 10.1. The molecule has 150 valence electrons. The van der Waals surface area contributed by atoms with E-state index in [1.54, 1.807) is 11.3 Å². The van der Waals surface area contributed by atoms with Crippen LogP contribution >= 0.6 is 23.1 Å². The molecule has 1 aliphatic rings. The molecule has 0 spiro atoms. The zero-order valence-electron chi connectivity index (χ0n) is 16.5. The first-order valence-electron chi connectivity index (χ1n) is 9.88. The van der Waals surface area contributed by atoms with E-state index in [0.29, 0.717) is 17.4 Å². The fourth-order valence-electron chi connectivity index (χ4n) is 3.58. The molecule has 0 unspecified atom stereocenters. The van der Waals surface area contributed by atoms with Crippen LogP contribution in [-0.2, 0) is 4.79 Å². The predicted molar refractivity (Wildman–Crippen MR) is 117 cm³/mol. The molecule has 0 bridgehead atoms. The number of amides is 2. The molecule has 2 amide bonds. The number of thiophene rings is 1. The number of nitrogens with one attached hydrogen (secondary N) is 1. The van der Waals surface area contributed by atoms with Crippen molar-refractivity contribution < 1.29 is 9.59 Å². The van der Waals surface area contributed by atoms with Gasteiger partial charge >= 0.3 is 0 Å². The monoisotopic (exact) mass is 416 g/mol. The van der Waals surface area contributed by atoms with Crippen LogP contribution in [0.3, 0.4) is 0 Å². The molecule has 1 heterocycles. The molecule has 6 heteroatoms. The zero-order chi connectivity index (χ0) is 19.9. The largest absolute Gasteiger partial charge is 0.345 e. The third kappa shape index (κ3) is 5.39. The lowest BCUT2D eigenvalue weighted by molar-refractivity contribution is -0.129. The van der Waals surface area contributed by atoms with E-state index in [2.05, 4.69) is 5.32 Å². The second-order valence-corrected chi connectivity index (χ2v) is 9.29. The number of carbonyl (C=O) groups is 2. The average Bonchev–Trinajstić information content (AvgIpc) is 3.27. The van der Waals surface area contributed by atoms with Gasteiger partial charge in [0.1, 0.15) is 0 Å². The van der Waals surface area contributed by atoms with Crippen molar-refractivity contribution in [1.29, 1.82) is 0 Å². The van der Waals surface area contributed by atoms with Crippen LogP contribution in [0.15, 0.2) is 46.7 Å². The number of hydrogen-bond acceptors (Lipinski definition) is 4. The molecule has 1 atom stereocenters. The summed E-state index contributed by atoms with van der Waals surface area (Å²) in [6.07, 6.45) is 5.90. The van der Waals surface area contributed by atoms with Crippen LogP contribution in [0.4, 0.5) is 0 Å². The Morgan fingerprint density at radius 2 is 1.93 bits per heavy atom. The zero-order valence-corrected chi connectivity index (χ0v) is 18.2. The Morgan fingerprint density at radius 3 is 2.64 bits per heavy atom. The summed E-state index contributed by atoms with van der Waals surface area (Å²) >= 11 is 3.08. The topological polar surface area (TPSA) is 49.4 Å². The van der Waals surface area contributed by atoms with Gasteiger partial charge in [-0.1, -0.05) is 37.5 Å². The number of thioether (sulfide) groups is 1. The van der Waals surface area contributed by atoms with Crippen molar-refractivity contribution in [2.24, 2.45) is 0 Å². The Hall–Kier alpha value is -1.79. The van der Waals surface area contributed by atoms with Crippen LogP contribution in [-0.4, -0.2) is 35.6 Å². The van der Waals surface area contributed by atoms with Crippen LogP contribution in [0, 0.1) is 0 Å². The summed E-state index contributed by atoms with van der Waals surface area (Å²) in [4.78, 5) is 29.3. The van der Waals surface area contributed by atoms with E-state index in [4.69, 9.17) is 0 Å². The Balaban J connectivity index is 1.60. The van der Waals surface area contributed by atoms with E-state index in [1.807, 2.05) is 60.6 Å². The van der Waals surface area contributed by atoms with Crippen LogP contribution in [0.25, 0.3) is 0 Å². The molecule has 28 heavy (non-hydrogen) atoms. The number of nitrogens with zero attached hydrogens (tertiary/aromatic N) is 1. The Labute approximate surface area is 175 Å². The SMILES string of the molecule is C[C@H](NC(=O)c1ccccc1SCC(=O)N(C)C1CCCCC1)c1cccs1. The van der Waals surface area contributed by atoms with Crippen molar-refractivity contribution in [3.63, 3.8) is 0 Å². The third-order valence-corrected chi connectivity index (χ3v) is 7.43. The average molecular weight is 417 g/mol. The van der Waals surface area contributed by atoms with Crippen LogP contribution in [0.1, 0.15) is 60.3 Å². The van der Waals surface area contributed by atoms with Crippen molar-refractivity contribution in [1.82, 2.24) is 10.2 Å². The molecule has 1 N–H and O–H groups in total. The van der Waals surface area contributed by atoms with Crippen molar-refractivity contribution >= 4 is 34.9 Å². The lowest BCUT2D eigenvalue weighted by atomic mass is 9.94. The summed E-state index contributed by atoms with van der Waals surface area (Å²) in [7, 11) is 1.92. The molecule has 0 radical (unpaired) electrons. The Kier molecular flexibility index (Phi) is 7.57. The molecule has 0 aliphatic heterocycles. The Morgan fingerprint density at radius 1 is 1.18 bits per heavy atom. The van der Waals surface area contributed by atoms with E-state index >= 15 is 0 Å². The quantitative estimate of drug-likeness (QED) is 0.637. The smallest absolute Gasteiger partial charge is 0.252 e. The van der Waals surface area contributed by atoms with Gasteiger partial charge in [-0.05, 0) is 43.3 Å². The van der Waals surface area contributed by atoms with Crippen molar-refractivity contribution in [2.75, 3.05) is 12.8 Å². The van der Waals surface area contributed by atoms with Gasteiger partial charge in [0.2, 0.25) is 5.91 Å². The first-order valence-corrected chi connectivity index (χ1v) is 11.7. The number of hydrogen-bond donors (Lipinski definition) is 1. The van der Waals surface area contributed by atoms with Gasteiger partial charge in [-0.25, -0.2) is 0 Å². The predicted octanol–water partition coefficient (Wildman–Crippen LogP) is 5.12. The van der Waals surface area contributed by atoms with Gasteiger partial charge in [-0.2, -0.15) is 0 Å². The molecule has 0 saturated heterocycles. The molecule has 1 aromatic carbocycles. The van der Waals surface area contributed by atoms with E-state index in [9.17, 15) is 9.59 Å². The normalized spacial score (nSPS) is 15.8. The van der Waals surface area contributed by atoms with Gasteiger partial charge < -0.3 is 10.2 Å². The minimum absolute atomic E-state index is 0.0374. The number of carbonyl (C=O) groups excluding carboxylic acids is 2. The maximum atomic E-state index is 12.8. The minimum Gasteiger partial charge on any atom is -0.345 e. The summed E-state index contributed by atoms with van der Waals surface area (Å²) in [5, 5.41) is 5.07. The molecule has 1 aromatic heterocycles. The van der Waals surface area contributed by atoms with Crippen LogP contribution in [0.5, 0.6) is 0 Å². The maximum absolute atomic E-state index is 12.8. The third-order valence-electron chi connectivity index (χ3n) is 5.32. The summed E-state index contributed by atoms with van der Waals surface area (Å²) < 4.78 is 0. The highest BCUT2D eigenvalue weighted by Crippen LogP contribution is 2.26. The van der Waals surface area contributed by atoms with E-state index in [1.165, 1.54) is 31.0 Å². The van der Waals surface area contributed by atoms with Crippen molar-refractivity contribution in [2.45, 2.75) is 56.0 Å². The molecule has 1 aliphatic carbocycles. The van der Waals surface area contributed by atoms with Gasteiger partial charge in [0.05, 0.1) is 17.4 Å². The van der Waals surface area contributed by atoms with Crippen molar-refractivity contribution in [3.05, 3.63) is 52.2 Å². The highest BCUT2D eigenvalue weighted by molar-refractivity contribution is 8.00. The molecule has 2 aromatic rings. The van der Waals surface area contributed by atoms with Crippen LogP contribution in [0.2, 0.25) is 0 Å². The second-order valence-electron chi connectivity index (χ2n) is 7.29. The first kappa shape index (κ1) is 20.9. The molecule has 3 rings (SSSR count). The Bertz CT molecular complexity index is 786. The molecule has 4 nitrogen and oxygen atoms in total. The highest BCUT2D eigenvalue weighted by Gasteiger charge is 2.22. The molecular weight excluding hydrogens is 388 g/mol. The van der Waals surface area contributed by atoms with Gasteiger partial charge in [0.15, 0.2) is 0 Å². The van der Waals surface area contributed by atoms with E-state index < -0.39 is 0 Å². The van der Waals surface area contributed by atoms with Gasteiger partial charge in [-0.15, -0.1) is 23.1 Å². The standard InChI is InChI=1S/C22H28N2O2S2/c1-16(19-13-8-14-27-19)23-22(26)18-11-6-7-12-20(18)28-15-21(25)24(2)17-9-4-3-5-10-17/h6-8,11-14,16-17H,3-5,9-10,15H2,1-2H3,(H,23,26)/t16-/m0/s1. The fourth-order valence-corrected chi connectivity index (χ4v) is 5.28. The number of benzene rings is 1. The van der Waals surface area contributed by atoms with Crippen LogP contribution < -0.4 is 5.32 Å². The van der Waals surface area contributed by atoms with Crippen molar-refractivity contribution in [3.8, 4) is 0 Å². The van der Waals surface area contributed by atoms with Gasteiger partial charge in [0, 0.05) is 22.9 Å². The fraction of sp³-hybridized carbons (Fsp3) is 0.455. The molecular formula is C22H28N2O2S2. The lowest BCUT2D eigenvalue weighted by Gasteiger charge is -2.31. The molecule has 1 saturated carbocycles. The minimum atomic E-state index is -0.0999. The first-order chi connectivity index (χ1) is 13.6. The maximum Gasteiger partial charge on any atom is 0.252 e. The molecule has 1 fully saturated rings. The summed E-state index contributed by atoms with van der Waals surface area (Å²) in [6, 6.07) is 11.9. The lowest BCUT2D eigenvalue weighted by Crippen LogP contribution is -2.39.